The predicted octanol–water partition coefficient (Wildman–Crippen LogP) is 2.33. The fourth-order valence-electron chi connectivity index (χ4n) is 1.93. The number of benzene rings is 1. The van der Waals surface area contributed by atoms with E-state index >= 15 is 0 Å². The van der Waals surface area contributed by atoms with Crippen molar-refractivity contribution in [1.29, 1.82) is 0 Å². The molecule has 0 heterocycles. The zero-order valence-electron chi connectivity index (χ0n) is 12.0. The lowest BCUT2D eigenvalue weighted by Crippen LogP contribution is -2.42. The summed E-state index contributed by atoms with van der Waals surface area (Å²) in [6.07, 6.45) is 1.02. The molecule has 1 aromatic carbocycles. The van der Waals surface area contributed by atoms with Crippen LogP contribution in [0.1, 0.15) is 37.9 Å². The average Bonchev–Trinajstić information content (AvgIpc) is 2.44. The molecule has 0 saturated heterocycles. The molecule has 0 aromatic heterocycles. The standard InChI is InChI=1S/C15H24N2O2/c1-4-13-6-8-14(9-7-13)12(3)16-15(19)17(5-2)10-11-18/h6-9,12,18H,4-5,10-11H2,1-3H3,(H,16,19). The molecule has 2 N–H and O–H groups in total. The molecule has 0 saturated carbocycles. The molecule has 0 fully saturated rings. The summed E-state index contributed by atoms with van der Waals surface area (Å²) in [7, 11) is 0. The lowest BCUT2D eigenvalue weighted by molar-refractivity contribution is 0.178. The highest BCUT2D eigenvalue weighted by Gasteiger charge is 2.14. The third-order valence-corrected chi connectivity index (χ3v) is 3.27. The van der Waals surface area contributed by atoms with Crippen LogP contribution >= 0.6 is 0 Å². The summed E-state index contributed by atoms with van der Waals surface area (Å²) in [5, 5.41) is 11.8. The molecule has 0 aliphatic rings. The average molecular weight is 264 g/mol. The number of nitrogens with zero attached hydrogens (tertiary/aromatic N) is 1. The summed E-state index contributed by atoms with van der Waals surface area (Å²) in [6, 6.07) is 8.10. The first kappa shape index (κ1) is 15.5. The molecule has 4 heteroatoms. The molecule has 1 atom stereocenters. The molecule has 0 bridgehead atoms. The van der Waals surface area contributed by atoms with Crippen LogP contribution in [0.3, 0.4) is 0 Å². The van der Waals surface area contributed by atoms with E-state index in [2.05, 4.69) is 24.4 Å². The maximum absolute atomic E-state index is 12.0. The van der Waals surface area contributed by atoms with Crippen molar-refractivity contribution < 1.29 is 9.90 Å². The molecule has 2 amide bonds. The fourth-order valence-corrected chi connectivity index (χ4v) is 1.93. The highest BCUT2D eigenvalue weighted by Crippen LogP contribution is 2.14. The quantitative estimate of drug-likeness (QED) is 0.828. The molecule has 0 radical (unpaired) electrons. The molecular formula is C15H24N2O2. The summed E-state index contributed by atoms with van der Waals surface area (Å²) < 4.78 is 0. The first-order valence-corrected chi connectivity index (χ1v) is 6.87. The number of aliphatic hydroxyl groups excluding tert-OH is 1. The number of hydrogen-bond acceptors (Lipinski definition) is 2. The van der Waals surface area contributed by atoms with Gasteiger partial charge in [-0.1, -0.05) is 31.2 Å². The van der Waals surface area contributed by atoms with Crippen molar-refractivity contribution in [2.75, 3.05) is 19.7 Å². The molecule has 0 aliphatic carbocycles. The minimum atomic E-state index is -0.136. The minimum Gasteiger partial charge on any atom is -0.395 e. The lowest BCUT2D eigenvalue weighted by atomic mass is 10.1. The second-order valence-electron chi connectivity index (χ2n) is 4.57. The lowest BCUT2D eigenvalue weighted by Gasteiger charge is -2.23. The van der Waals surface area contributed by atoms with Crippen LogP contribution in [0.15, 0.2) is 24.3 Å². The van der Waals surface area contributed by atoms with Crippen molar-refractivity contribution in [3.63, 3.8) is 0 Å². The zero-order valence-corrected chi connectivity index (χ0v) is 12.0. The Morgan fingerprint density at radius 1 is 1.32 bits per heavy atom. The number of aliphatic hydroxyl groups is 1. The largest absolute Gasteiger partial charge is 0.395 e. The number of likely N-dealkylation sites (N-methyl/N-ethyl adjacent to an activating group) is 1. The van der Waals surface area contributed by atoms with Gasteiger partial charge < -0.3 is 15.3 Å². The van der Waals surface area contributed by atoms with Gasteiger partial charge in [-0.3, -0.25) is 0 Å². The Kier molecular flexibility index (Phi) is 6.36. The Morgan fingerprint density at radius 2 is 1.95 bits per heavy atom. The van der Waals surface area contributed by atoms with Crippen LogP contribution < -0.4 is 5.32 Å². The van der Waals surface area contributed by atoms with Crippen LogP contribution in [0, 0.1) is 0 Å². The van der Waals surface area contributed by atoms with E-state index in [0.717, 1.165) is 12.0 Å². The monoisotopic (exact) mass is 264 g/mol. The second-order valence-corrected chi connectivity index (χ2v) is 4.57. The summed E-state index contributed by atoms with van der Waals surface area (Å²) in [5.41, 5.74) is 2.38. The van der Waals surface area contributed by atoms with Gasteiger partial charge in [-0.05, 0) is 31.4 Å². The van der Waals surface area contributed by atoms with E-state index in [1.807, 2.05) is 26.0 Å². The van der Waals surface area contributed by atoms with Crippen LogP contribution in [0.5, 0.6) is 0 Å². The first-order chi connectivity index (χ1) is 9.12. The summed E-state index contributed by atoms with van der Waals surface area (Å²) in [6.45, 7) is 6.92. The van der Waals surface area contributed by atoms with Gasteiger partial charge in [-0.25, -0.2) is 4.79 Å². The second kappa shape index (κ2) is 7.79. The molecule has 1 rings (SSSR count). The molecule has 106 valence electrons. The highest BCUT2D eigenvalue weighted by atomic mass is 16.3. The topological polar surface area (TPSA) is 52.6 Å². The smallest absolute Gasteiger partial charge is 0.317 e. The van der Waals surface area contributed by atoms with E-state index in [1.54, 1.807) is 4.90 Å². The Bertz CT molecular complexity index is 390. The van der Waals surface area contributed by atoms with Crippen molar-refractivity contribution in [1.82, 2.24) is 10.2 Å². The van der Waals surface area contributed by atoms with E-state index in [4.69, 9.17) is 5.11 Å². The normalized spacial score (nSPS) is 12.0. The van der Waals surface area contributed by atoms with E-state index in [-0.39, 0.29) is 18.7 Å². The van der Waals surface area contributed by atoms with E-state index in [0.29, 0.717) is 13.1 Å². The Morgan fingerprint density at radius 3 is 2.42 bits per heavy atom. The van der Waals surface area contributed by atoms with Crippen LogP contribution in [-0.2, 0) is 6.42 Å². The fraction of sp³-hybridized carbons (Fsp3) is 0.533. The van der Waals surface area contributed by atoms with Gasteiger partial charge in [0.05, 0.1) is 12.6 Å². The Labute approximate surface area is 115 Å². The van der Waals surface area contributed by atoms with Crippen molar-refractivity contribution in [3.05, 3.63) is 35.4 Å². The van der Waals surface area contributed by atoms with Crippen LogP contribution in [0.4, 0.5) is 4.79 Å². The maximum Gasteiger partial charge on any atom is 0.317 e. The van der Waals surface area contributed by atoms with Crippen molar-refractivity contribution >= 4 is 6.03 Å². The van der Waals surface area contributed by atoms with Gasteiger partial charge in [0.15, 0.2) is 0 Å². The first-order valence-electron chi connectivity index (χ1n) is 6.87. The molecule has 0 spiro atoms. The molecular weight excluding hydrogens is 240 g/mol. The number of rotatable bonds is 6. The van der Waals surface area contributed by atoms with E-state index in [9.17, 15) is 4.79 Å². The van der Waals surface area contributed by atoms with Crippen molar-refractivity contribution in [3.8, 4) is 0 Å². The number of hydrogen-bond donors (Lipinski definition) is 2. The van der Waals surface area contributed by atoms with Gasteiger partial charge >= 0.3 is 6.03 Å². The minimum absolute atomic E-state index is 0.0131. The summed E-state index contributed by atoms with van der Waals surface area (Å²) in [4.78, 5) is 13.6. The number of urea groups is 1. The van der Waals surface area contributed by atoms with Crippen molar-refractivity contribution in [2.45, 2.75) is 33.2 Å². The Balaban J connectivity index is 2.62. The number of aryl methyl sites for hydroxylation is 1. The van der Waals surface area contributed by atoms with Gasteiger partial charge in [-0.2, -0.15) is 0 Å². The number of nitrogens with one attached hydrogen (secondary N) is 1. The summed E-state index contributed by atoms with van der Waals surface area (Å²) in [5.74, 6) is 0. The molecule has 19 heavy (non-hydrogen) atoms. The molecule has 1 aromatic rings. The zero-order chi connectivity index (χ0) is 14.3. The third kappa shape index (κ3) is 4.56. The van der Waals surface area contributed by atoms with Gasteiger partial charge in [0, 0.05) is 13.1 Å². The predicted molar refractivity (Wildman–Crippen MR) is 77.1 cm³/mol. The molecule has 1 unspecified atom stereocenters. The van der Waals surface area contributed by atoms with E-state index < -0.39 is 0 Å². The number of carbonyl (C=O) groups excluding carboxylic acids is 1. The van der Waals surface area contributed by atoms with Crippen molar-refractivity contribution in [2.24, 2.45) is 0 Å². The molecule has 4 nitrogen and oxygen atoms in total. The third-order valence-electron chi connectivity index (χ3n) is 3.27. The van der Waals surface area contributed by atoms with E-state index in [1.165, 1.54) is 5.56 Å². The maximum atomic E-state index is 12.0. The van der Waals surface area contributed by atoms with Gasteiger partial charge in [-0.15, -0.1) is 0 Å². The number of carbonyl (C=O) groups is 1. The highest BCUT2D eigenvalue weighted by molar-refractivity contribution is 5.74. The SMILES string of the molecule is CCc1ccc(C(C)NC(=O)N(CC)CCO)cc1. The van der Waals surface area contributed by atoms with Crippen LogP contribution in [0.2, 0.25) is 0 Å². The Hall–Kier alpha value is -1.55. The number of amides is 2. The van der Waals surface area contributed by atoms with Gasteiger partial charge in [0.2, 0.25) is 0 Å². The molecule has 0 aliphatic heterocycles. The van der Waals surface area contributed by atoms with Crippen LogP contribution in [0.25, 0.3) is 0 Å². The summed E-state index contributed by atoms with van der Waals surface area (Å²) >= 11 is 0. The van der Waals surface area contributed by atoms with Gasteiger partial charge in [0.25, 0.3) is 0 Å². The van der Waals surface area contributed by atoms with Gasteiger partial charge in [0.1, 0.15) is 0 Å². The van der Waals surface area contributed by atoms with Crippen LogP contribution in [-0.4, -0.2) is 35.7 Å².